The SMILES string of the molecule is CCCCc1nn(-c2ccccc2Cl)c(=O)n1Cc1ccc(OC(C(=O)OC)c2ccccc2)cc1. The summed E-state index contributed by atoms with van der Waals surface area (Å²) in [6.07, 6.45) is 1.71. The molecule has 0 N–H and O–H groups in total. The smallest absolute Gasteiger partial charge is 0.351 e. The highest BCUT2D eigenvalue weighted by Gasteiger charge is 2.23. The number of hydrogen-bond acceptors (Lipinski definition) is 5. The molecule has 0 bridgehead atoms. The topological polar surface area (TPSA) is 75.4 Å². The predicted octanol–water partition coefficient (Wildman–Crippen LogP) is 5.37. The van der Waals surface area contributed by atoms with Crippen LogP contribution in [0.2, 0.25) is 5.02 Å². The number of carbonyl (C=O) groups is 1. The van der Waals surface area contributed by atoms with Gasteiger partial charge in [0.15, 0.2) is 0 Å². The fraction of sp³-hybridized carbons (Fsp3) is 0.250. The van der Waals surface area contributed by atoms with Gasteiger partial charge in [-0.3, -0.25) is 4.57 Å². The molecule has 0 aliphatic carbocycles. The van der Waals surface area contributed by atoms with Crippen molar-refractivity contribution in [2.45, 2.75) is 38.8 Å². The molecule has 36 heavy (non-hydrogen) atoms. The molecule has 0 saturated heterocycles. The Labute approximate surface area is 214 Å². The van der Waals surface area contributed by atoms with E-state index in [1.165, 1.54) is 11.8 Å². The van der Waals surface area contributed by atoms with Crippen molar-refractivity contribution in [3.8, 4) is 11.4 Å². The van der Waals surface area contributed by atoms with Gasteiger partial charge in [0, 0.05) is 12.0 Å². The summed E-state index contributed by atoms with van der Waals surface area (Å²) in [7, 11) is 1.33. The minimum Gasteiger partial charge on any atom is -0.474 e. The number of aryl methyl sites for hydroxylation is 1. The number of nitrogens with zero attached hydrogens (tertiary/aromatic N) is 3. The molecule has 0 saturated carbocycles. The number of hydrogen-bond donors (Lipinski definition) is 0. The average Bonchev–Trinajstić information content (AvgIpc) is 3.21. The predicted molar refractivity (Wildman–Crippen MR) is 139 cm³/mol. The fourth-order valence-electron chi connectivity index (χ4n) is 3.88. The summed E-state index contributed by atoms with van der Waals surface area (Å²) in [5.74, 6) is 0.740. The lowest BCUT2D eigenvalue weighted by Gasteiger charge is -2.17. The Kier molecular flexibility index (Phi) is 8.23. The highest BCUT2D eigenvalue weighted by Crippen LogP contribution is 2.24. The Morgan fingerprint density at radius 2 is 1.69 bits per heavy atom. The van der Waals surface area contributed by atoms with Crippen LogP contribution in [0.3, 0.4) is 0 Å². The van der Waals surface area contributed by atoms with Crippen molar-refractivity contribution in [1.82, 2.24) is 14.3 Å². The number of aromatic nitrogens is 3. The fourth-order valence-corrected chi connectivity index (χ4v) is 4.09. The first-order valence-corrected chi connectivity index (χ1v) is 12.2. The van der Waals surface area contributed by atoms with Crippen LogP contribution in [0.5, 0.6) is 5.75 Å². The van der Waals surface area contributed by atoms with Gasteiger partial charge in [0.25, 0.3) is 0 Å². The lowest BCUT2D eigenvalue weighted by molar-refractivity contribution is -0.149. The Hall–Kier alpha value is -3.84. The van der Waals surface area contributed by atoms with Crippen LogP contribution >= 0.6 is 11.6 Å². The van der Waals surface area contributed by atoms with E-state index in [1.54, 1.807) is 28.8 Å². The molecule has 0 radical (unpaired) electrons. The first kappa shape index (κ1) is 25.3. The maximum absolute atomic E-state index is 13.3. The highest BCUT2D eigenvalue weighted by molar-refractivity contribution is 6.32. The molecular weight excluding hydrogens is 478 g/mol. The summed E-state index contributed by atoms with van der Waals surface area (Å²) < 4.78 is 13.9. The summed E-state index contributed by atoms with van der Waals surface area (Å²) in [6, 6.07) is 23.7. The molecular formula is C28H28ClN3O4. The minimum atomic E-state index is -0.876. The van der Waals surface area contributed by atoms with Crippen LogP contribution in [-0.2, 0) is 22.5 Å². The van der Waals surface area contributed by atoms with Gasteiger partial charge in [0.1, 0.15) is 11.6 Å². The summed E-state index contributed by atoms with van der Waals surface area (Å²) in [4.78, 5) is 25.6. The zero-order chi connectivity index (χ0) is 25.5. The average molecular weight is 506 g/mol. The van der Waals surface area contributed by atoms with E-state index in [1.807, 2.05) is 54.6 Å². The zero-order valence-corrected chi connectivity index (χ0v) is 21.0. The second-order valence-electron chi connectivity index (χ2n) is 8.33. The van der Waals surface area contributed by atoms with Crippen LogP contribution in [0.15, 0.2) is 83.7 Å². The Bertz CT molecular complexity index is 1360. The Morgan fingerprint density at radius 1 is 1.00 bits per heavy atom. The Morgan fingerprint density at radius 3 is 2.36 bits per heavy atom. The van der Waals surface area contributed by atoms with Gasteiger partial charge < -0.3 is 9.47 Å². The van der Waals surface area contributed by atoms with Gasteiger partial charge in [0.2, 0.25) is 6.10 Å². The van der Waals surface area contributed by atoms with Gasteiger partial charge in [-0.25, -0.2) is 9.59 Å². The lowest BCUT2D eigenvalue weighted by atomic mass is 10.1. The van der Waals surface area contributed by atoms with Crippen molar-refractivity contribution >= 4 is 17.6 Å². The summed E-state index contributed by atoms with van der Waals surface area (Å²) in [5.41, 5.74) is 1.91. The molecule has 186 valence electrons. The number of unbranched alkanes of at least 4 members (excludes halogenated alkanes) is 1. The van der Waals surface area contributed by atoms with Crippen LogP contribution in [0.25, 0.3) is 5.69 Å². The first-order valence-electron chi connectivity index (χ1n) is 11.8. The van der Waals surface area contributed by atoms with E-state index in [0.717, 1.165) is 18.4 Å². The molecule has 4 aromatic rings. The van der Waals surface area contributed by atoms with E-state index in [9.17, 15) is 9.59 Å². The van der Waals surface area contributed by atoms with Crippen molar-refractivity contribution < 1.29 is 14.3 Å². The summed E-state index contributed by atoms with van der Waals surface area (Å²) in [6.45, 7) is 2.45. The monoisotopic (exact) mass is 505 g/mol. The maximum Gasteiger partial charge on any atom is 0.351 e. The molecule has 1 unspecified atom stereocenters. The largest absolute Gasteiger partial charge is 0.474 e. The molecule has 0 spiro atoms. The third-order valence-electron chi connectivity index (χ3n) is 5.81. The molecule has 1 atom stereocenters. The maximum atomic E-state index is 13.3. The van der Waals surface area contributed by atoms with Gasteiger partial charge in [0.05, 0.1) is 24.4 Å². The number of methoxy groups -OCH3 is 1. The number of ether oxygens (including phenoxy) is 2. The first-order chi connectivity index (χ1) is 17.5. The van der Waals surface area contributed by atoms with Crippen LogP contribution < -0.4 is 10.4 Å². The van der Waals surface area contributed by atoms with E-state index in [0.29, 0.717) is 40.8 Å². The lowest BCUT2D eigenvalue weighted by Crippen LogP contribution is -2.25. The van der Waals surface area contributed by atoms with Crippen molar-refractivity contribution in [3.05, 3.63) is 111 Å². The van der Waals surface area contributed by atoms with Gasteiger partial charge in [-0.15, -0.1) is 5.10 Å². The molecule has 0 aliphatic rings. The zero-order valence-electron chi connectivity index (χ0n) is 20.3. The van der Waals surface area contributed by atoms with Crippen molar-refractivity contribution in [2.24, 2.45) is 0 Å². The second kappa shape index (κ2) is 11.7. The summed E-state index contributed by atoms with van der Waals surface area (Å²) >= 11 is 6.34. The third-order valence-corrected chi connectivity index (χ3v) is 6.13. The standard InChI is InChI=1S/C28H28ClN3O4/c1-3-4-14-25-30-32(24-13-9-8-12-23(24)29)28(34)31(25)19-20-15-17-22(18-16-20)36-26(27(33)35-2)21-10-6-5-7-11-21/h5-13,15-18,26H,3-4,14,19H2,1-2H3. The van der Waals surface area contributed by atoms with Gasteiger partial charge in [-0.1, -0.05) is 79.5 Å². The number of benzene rings is 3. The second-order valence-corrected chi connectivity index (χ2v) is 8.73. The highest BCUT2D eigenvalue weighted by atomic mass is 35.5. The third kappa shape index (κ3) is 5.69. The van der Waals surface area contributed by atoms with Crippen LogP contribution in [-0.4, -0.2) is 27.4 Å². The van der Waals surface area contributed by atoms with Crippen molar-refractivity contribution in [3.63, 3.8) is 0 Å². The van der Waals surface area contributed by atoms with Crippen LogP contribution in [0.4, 0.5) is 0 Å². The van der Waals surface area contributed by atoms with Gasteiger partial charge in [-0.2, -0.15) is 4.68 Å². The molecule has 4 rings (SSSR count). The molecule has 3 aromatic carbocycles. The van der Waals surface area contributed by atoms with E-state index in [2.05, 4.69) is 12.0 Å². The number of rotatable bonds is 10. The molecule has 7 nitrogen and oxygen atoms in total. The minimum absolute atomic E-state index is 0.246. The molecule has 0 aliphatic heterocycles. The van der Waals surface area contributed by atoms with E-state index in [-0.39, 0.29) is 5.69 Å². The molecule has 8 heteroatoms. The van der Waals surface area contributed by atoms with Crippen molar-refractivity contribution in [2.75, 3.05) is 7.11 Å². The quantitative estimate of drug-likeness (QED) is 0.271. The number of para-hydroxylation sites is 1. The molecule has 0 amide bonds. The number of halogens is 1. The van der Waals surface area contributed by atoms with Gasteiger partial charge in [-0.05, 0) is 36.2 Å². The number of carbonyl (C=O) groups excluding carboxylic acids is 1. The molecule has 0 fully saturated rings. The number of esters is 1. The van der Waals surface area contributed by atoms with Crippen molar-refractivity contribution in [1.29, 1.82) is 0 Å². The summed E-state index contributed by atoms with van der Waals surface area (Å²) in [5, 5.41) is 5.06. The normalized spacial score (nSPS) is 11.8. The van der Waals surface area contributed by atoms with Gasteiger partial charge >= 0.3 is 11.7 Å². The Balaban J connectivity index is 1.59. The molecule has 1 heterocycles. The van der Waals surface area contributed by atoms with E-state index in [4.69, 9.17) is 21.1 Å². The van der Waals surface area contributed by atoms with E-state index >= 15 is 0 Å². The van der Waals surface area contributed by atoms with Crippen LogP contribution in [0.1, 0.15) is 42.8 Å². The van der Waals surface area contributed by atoms with E-state index < -0.39 is 12.1 Å². The molecule has 1 aromatic heterocycles. The van der Waals surface area contributed by atoms with Crippen LogP contribution in [0, 0.1) is 0 Å².